The summed E-state index contributed by atoms with van der Waals surface area (Å²) in [5.74, 6) is 0.205. The van der Waals surface area contributed by atoms with Crippen molar-refractivity contribution in [2.24, 2.45) is 0 Å². The molecule has 0 aromatic heterocycles. The molecule has 0 aliphatic carbocycles. The number of benzene rings is 1. The minimum absolute atomic E-state index is 0. The lowest BCUT2D eigenvalue weighted by atomic mass is 10.0. The van der Waals surface area contributed by atoms with Crippen LogP contribution in [0.4, 0.5) is 0 Å². The van der Waals surface area contributed by atoms with Crippen molar-refractivity contribution in [2.45, 2.75) is 38.8 Å². The third kappa shape index (κ3) is 4.97. The van der Waals surface area contributed by atoms with Gasteiger partial charge < -0.3 is 15.0 Å². The molecule has 1 saturated heterocycles. The number of hydrogen-bond donors (Lipinski definition) is 1. The van der Waals surface area contributed by atoms with Gasteiger partial charge in [-0.3, -0.25) is 4.79 Å². The normalized spacial score (nSPS) is 19.1. The highest BCUT2D eigenvalue weighted by atomic mass is 35.5. The van der Waals surface area contributed by atoms with Gasteiger partial charge >= 0.3 is 0 Å². The molecular formula is C17H27ClN2O2. The lowest BCUT2D eigenvalue weighted by molar-refractivity contribution is -0.134. The highest BCUT2D eigenvalue weighted by Gasteiger charge is 2.25. The summed E-state index contributed by atoms with van der Waals surface area (Å²) in [4.78, 5) is 14.6. The SMILES string of the molecule is CCC(c1ccccc1)N(CC)C(=O)CC1COCCN1.Cl. The van der Waals surface area contributed by atoms with Crippen molar-refractivity contribution >= 4 is 18.3 Å². The summed E-state index contributed by atoms with van der Waals surface area (Å²) in [5, 5.41) is 3.35. The molecule has 2 unspecified atom stereocenters. The highest BCUT2D eigenvalue weighted by molar-refractivity contribution is 5.85. The summed E-state index contributed by atoms with van der Waals surface area (Å²) in [7, 11) is 0. The molecular weight excluding hydrogens is 300 g/mol. The van der Waals surface area contributed by atoms with Gasteiger partial charge in [0.05, 0.1) is 19.3 Å². The quantitative estimate of drug-likeness (QED) is 0.874. The van der Waals surface area contributed by atoms with E-state index in [4.69, 9.17) is 4.74 Å². The number of carbonyl (C=O) groups is 1. The Morgan fingerprint density at radius 1 is 1.36 bits per heavy atom. The van der Waals surface area contributed by atoms with E-state index in [0.717, 1.165) is 26.1 Å². The van der Waals surface area contributed by atoms with Crippen molar-refractivity contribution in [3.63, 3.8) is 0 Å². The standard InChI is InChI=1S/C17H26N2O2.ClH/c1-3-16(14-8-6-5-7-9-14)19(4-2)17(20)12-15-13-21-11-10-18-15;/h5-9,15-16,18H,3-4,10-13H2,1-2H3;1H. The maximum absolute atomic E-state index is 12.6. The highest BCUT2D eigenvalue weighted by Crippen LogP contribution is 2.24. The number of carbonyl (C=O) groups excluding carboxylic acids is 1. The molecule has 0 spiro atoms. The molecule has 22 heavy (non-hydrogen) atoms. The van der Waals surface area contributed by atoms with E-state index < -0.39 is 0 Å². The van der Waals surface area contributed by atoms with Crippen LogP contribution in [0.15, 0.2) is 30.3 Å². The van der Waals surface area contributed by atoms with Gasteiger partial charge in [-0.15, -0.1) is 12.4 Å². The fraction of sp³-hybridized carbons (Fsp3) is 0.588. The number of morpholine rings is 1. The van der Waals surface area contributed by atoms with Crippen molar-refractivity contribution < 1.29 is 9.53 Å². The van der Waals surface area contributed by atoms with E-state index in [1.165, 1.54) is 5.56 Å². The first-order valence-electron chi connectivity index (χ1n) is 7.91. The molecule has 1 aliphatic heterocycles. The zero-order valence-corrected chi connectivity index (χ0v) is 14.3. The average Bonchev–Trinajstić information content (AvgIpc) is 2.54. The number of rotatable bonds is 6. The van der Waals surface area contributed by atoms with E-state index in [1.54, 1.807) is 0 Å². The molecule has 5 heteroatoms. The van der Waals surface area contributed by atoms with Crippen LogP contribution in [0.3, 0.4) is 0 Å². The Hall–Kier alpha value is -1.10. The van der Waals surface area contributed by atoms with Gasteiger partial charge in [0.25, 0.3) is 0 Å². The zero-order chi connectivity index (χ0) is 15.1. The number of nitrogens with one attached hydrogen (secondary N) is 1. The Kier molecular flexibility index (Phi) is 8.46. The summed E-state index contributed by atoms with van der Waals surface area (Å²) in [6, 6.07) is 10.6. The first kappa shape index (κ1) is 18.9. The second-order valence-corrected chi connectivity index (χ2v) is 5.44. The zero-order valence-electron chi connectivity index (χ0n) is 13.5. The van der Waals surface area contributed by atoms with Crippen LogP contribution in [0.5, 0.6) is 0 Å². The van der Waals surface area contributed by atoms with E-state index in [0.29, 0.717) is 13.0 Å². The van der Waals surface area contributed by atoms with Crippen molar-refractivity contribution in [1.29, 1.82) is 0 Å². The van der Waals surface area contributed by atoms with Gasteiger partial charge in [-0.2, -0.15) is 0 Å². The minimum atomic E-state index is 0. The monoisotopic (exact) mass is 326 g/mol. The summed E-state index contributed by atoms with van der Waals surface area (Å²) in [6.07, 6.45) is 1.44. The lowest BCUT2D eigenvalue weighted by Gasteiger charge is -2.33. The Morgan fingerprint density at radius 2 is 2.09 bits per heavy atom. The molecule has 1 aliphatic rings. The third-order valence-corrected chi connectivity index (χ3v) is 4.03. The maximum Gasteiger partial charge on any atom is 0.224 e. The molecule has 0 bridgehead atoms. The molecule has 1 N–H and O–H groups in total. The molecule has 1 aromatic carbocycles. The van der Waals surface area contributed by atoms with E-state index in [-0.39, 0.29) is 30.4 Å². The van der Waals surface area contributed by atoms with Crippen LogP contribution in [0, 0.1) is 0 Å². The van der Waals surface area contributed by atoms with Crippen LogP contribution < -0.4 is 5.32 Å². The van der Waals surface area contributed by atoms with E-state index in [2.05, 4.69) is 24.4 Å². The number of nitrogens with zero attached hydrogens (tertiary/aromatic N) is 1. The number of hydrogen-bond acceptors (Lipinski definition) is 3. The molecule has 124 valence electrons. The van der Waals surface area contributed by atoms with Crippen molar-refractivity contribution in [2.75, 3.05) is 26.3 Å². The molecule has 1 fully saturated rings. The van der Waals surface area contributed by atoms with Gasteiger partial charge in [0.15, 0.2) is 0 Å². The molecule has 0 radical (unpaired) electrons. The molecule has 1 aromatic rings. The molecule has 2 rings (SSSR count). The molecule has 0 saturated carbocycles. The van der Waals surface area contributed by atoms with Gasteiger partial charge in [-0.25, -0.2) is 0 Å². The fourth-order valence-corrected chi connectivity index (χ4v) is 2.96. The van der Waals surface area contributed by atoms with Crippen LogP contribution >= 0.6 is 12.4 Å². The maximum atomic E-state index is 12.6. The second-order valence-electron chi connectivity index (χ2n) is 5.44. The Bertz CT molecular complexity index is 436. The van der Waals surface area contributed by atoms with Crippen molar-refractivity contribution in [3.8, 4) is 0 Å². The molecule has 2 atom stereocenters. The summed E-state index contributed by atoms with van der Waals surface area (Å²) < 4.78 is 5.43. The Labute approximate surface area is 139 Å². The largest absolute Gasteiger partial charge is 0.378 e. The summed E-state index contributed by atoms with van der Waals surface area (Å²) in [6.45, 7) is 7.12. The lowest BCUT2D eigenvalue weighted by Crippen LogP contribution is -2.45. The van der Waals surface area contributed by atoms with Gasteiger partial charge in [-0.1, -0.05) is 37.3 Å². The smallest absolute Gasteiger partial charge is 0.224 e. The third-order valence-electron chi connectivity index (χ3n) is 4.03. The van der Waals surface area contributed by atoms with E-state index in [1.807, 2.05) is 30.0 Å². The first-order valence-corrected chi connectivity index (χ1v) is 7.91. The van der Waals surface area contributed by atoms with E-state index in [9.17, 15) is 4.79 Å². The molecule has 1 heterocycles. The summed E-state index contributed by atoms with van der Waals surface area (Å²) in [5.41, 5.74) is 1.21. The second kappa shape index (κ2) is 9.82. The van der Waals surface area contributed by atoms with Crippen LogP contribution in [-0.2, 0) is 9.53 Å². The minimum Gasteiger partial charge on any atom is -0.378 e. The van der Waals surface area contributed by atoms with E-state index >= 15 is 0 Å². The van der Waals surface area contributed by atoms with Gasteiger partial charge in [0, 0.05) is 25.6 Å². The van der Waals surface area contributed by atoms with Gasteiger partial charge in [-0.05, 0) is 18.9 Å². The van der Waals surface area contributed by atoms with Gasteiger partial charge in [0.1, 0.15) is 0 Å². The predicted molar refractivity (Wildman–Crippen MR) is 91.3 cm³/mol. The Morgan fingerprint density at radius 3 is 2.64 bits per heavy atom. The first-order chi connectivity index (χ1) is 10.3. The number of halogens is 1. The average molecular weight is 327 g/mol. The van der Waals surface area contributed by atoms with Crippen LogP contribution in [0.2, 0.25) is 0 Å². The van der Waals surface area contributed by atoms with Crippen molar-refractivity contribution in [1.82, 2.24) is 10.2 Å². The van der Waals surface area contributed by atoms with Crippen LogP contribution in [0.1, 0.15) is 38.3 Å². The predicted octanol–water partition coefficient (Wildman–Crippen LogP) is 2.79. The number of amides is 1. The van der Waals surface area contributed by atoms with Crippen molar-refractivity contribution in [3.05, 3.63) is 35.9 Å². The number of ether oxygens (including phenoxy) is 1. The fourth-order valence-electron chi connectivity index (χ4n) is 2.96. The Balaban J connectivity index is 0.00000242. The van der Waals surface area contributed by atoms with Crippen LogP contribution in [0.25, 0.3) is 0 Å². The van der Waals surface area contributed by atoms with Crippen LogP contribution in [-0.4, -0.2) is 43.2 Å². The van der Waals surface area contributed by atoms with Gasteiger partial charge in [0.2, 0.25) is 5.91 Å². The summed E-state index contributed by atoms with van der Waals surface area (Å²) >= 11 is 0. The molecule has 1 amide bonds. The molecule has 4 nitrogen and oxygen atoms in total. The topological polar surface area (TPSA) is 41.6 Å².